The highest BCUT2D eigenvalue weighted by Gasteiger charge is 2.08. The van der Waals surface area contributed by atoms with Crippen LogP contribution >= 0.6 is 0 Å². The molecule has 0 aliphatic heterocycles. The number of para-hydroxylation sites is 2. The Morgan fingerprint density at radius 3 is 2.84 bits per heavy atom. The first-order valence-electron chi connectivity index (χ1n) is 8.16. The molecule has 0 saturated heterocycles. The highest BCUT2D eigenvalue weighted by atomic mass is 16.5. The van der Waals surface area contributed by atoms with E-state index < -0.39 is 0 Å². The number of carbonyl (C=O) groups is 1. The normalized spacial score (nSPS) is 10.6. The zero-order valence-electron chi connectivity index (χ0n) is 13.9. The predicted octanol–water partition coefficient (Wildman–Crippen LogP) is 3.01. The molecule has 0 fully saturated rings. The number of hydrogen-bond acceptors (Lipinski definition) is 4. The van der Waals surface area contributed by atoms with Crippen LogP contribution in [0.25, 0.3) is 5.65 Å². The van der Waals surface area contributed by atoms with E-state index in [1.165, 1.54) is 10.5 Å². The van der Waals surface area contributed by atoms with Crippen LogP contribution in [0.5, 0.6) is 5.75 Å². The summed E-state index contributed by atoms with van der Waals surface area (Å²) in [4.78, 5) is 28.3. The van der Waals surface area contributed by atoms with Gasteiger partial charge in [0, 0.05) is 18.7 Å². The monoisotopic (exact) mass is 337 g/mol. The molecule has 6 nitrogen and oxygen atoms in total. The molecule has 0 bridgehead atoms. The second-order valence-electron chi connectivity index (χ2n) is 5.60. The lowest BCUT2D eigenvalue weighted by Crippen LogP contribution is -2.16. The fourth-order valence-corrected chi connectivity index (χ4v) is 2.46. The van der Waals surface area contributed by atoms with Crippen molar-refractivity contribution in [2.24, 2.45) is 0 Å². The van der Waals surface area contributed by atoms with Gasteiger partial charge in [-0.2, -0.15) is 0 Å². The summed E-state index contributed by atoms with van der Waals surface area (Å²) >= 11 is 0. The largest absolute Gasteiger partial charge is 0.485 e. The number of nitrogens with one attached hydrogen (secondary N) is 1. The molecule has 25 heavy (non-hydrogen) atoms. The number of nitrogens with zero attached hydrogens (tertiary/aromatic N) is 2. The minimum atomic E-state index is -0.159. The van der Waals surface area contributed by atoms with Crippen LogP contribution in [0.15, 0.2) is 59.5 Å². The Labute approximate surface area is 145 Å². The first kappa shape index (κ1) is 16.7. The number of benzene rings is 1. The molecule has 0 saturated carbocycles. The molecule has 0 atom stereocenters. The van der Waals surface area contributed by atoms with Gasteiger partial charge in [-0.05, 0) is 30.7 Å². The first-order valence-corrected chi connectivity index (χ1v) is 8.16. The number of hydrogen-bond donors (Lipinski definition) is 1. The number of ether oxygens (including phenoxy) is 1. The Bertz CT molecular complexity index is 950. The molecular weight excluding hydrogens is 318 g/mol. The van der Waals surface area contributed by atoms with E-state index in [0.717, 1.165) is 6.42 Å². The molecule has 6 heteroatoms. The van der Waals surface area contributed by atoms with Crippen LogP contribution in [0, 0.1) is 0 Å². The SMILES string of the molecule is CCCC(=O)Nc1ccccc1OCc1cc(=O)n2ccccc2n1. The second-order valence-corrected chi connectivity index (χ2v) is 5.60. The van der Waals surface area contributed by atoms with Crippen molar-refractivity contribution in [1.29, 1.82) is 0 Å². The zero-order chi connectivity index (χ0) is 17.6. The molecule has 2 heterocycles. The van der Waals surface area contributed by atoms with Gasteiger partial charge in [-0.15, -0.1) is 0 Å². The maximum absolute atomic E-state index is 12.1. The Kier molecular flexibility index (Phi) is 5.09. The highest BCUT2D eigenvalue weighted by molar-refractivity contribution is 5.92. The maximum atomic E-state index is 12.1. The molecule has 0 radical (unpaired) electrons. The maximum Gasteiger partial charge on any atom is 0.258 e. The molecule has 128 valence electrons. The van der Waals surface area contributed by atoms with E-state index in [1.807, 2.05) is 25.1 Å². The standard InChI is InChI=1S/C19H19N3O3/c1-2-7-18(23)21-15-8-3-4-9-16(15)25-13-14-12-19(24)22-11-6-5-10-17(22)20-14/h3-6,8-12H,2,7,13H2,1H3,(H,21,23). The van der Waals surface area contributed by atoms with E-state index in [0.29, 0.717) is 29.2 Å². The van der Waals surface area contributed by atoms with Crippen molar-refractivity contribution in [3.63, 3.8) is 0 Å². The average Bonchev–Trinajstić information content (AvgIpc) is 2.61. The van der Waals surface area contributed by atoms with Gasteiger partial charge < -0.3 is 10.1 Å². The molecule has 1 aromatic carbocycles. The van der Waals surface area contributed by atoms with Gasteiger partial charge in [0.1, 0.15) is 18.0 Å². The van der Waals surface area contributed by atoms with Gasteiger partial charge in [-0.3, -0.25) is 14.0 Å². The van der Waals surface area contributed by atoms with Gasteiger partial charge in [-0.25, -0.2) is 4.98 Å². The Hall–Kier alpha value is -3.15. The number of fused-ring (bicyclic) bond motifs is 1. The summed E-state index contributed by atoms with van der Waals surface area (Å²) in [5, 5.41) is 2.84. The minimum Gasteiger partial charge on any atom is -0.485 e. The lowest BCUT2D eigenvalue weighted by Gasteiger charge is -2.12. The van der Waals surface area contributed by atoms with Crippen LogP contribution in [-0.4, -0.2) is 15.3 Å². The smallest absolute Gasteiger partial charge is 0.258 e. The summed E-state index contributed by atoms with van der Waals surface area (Å²) in [6.07, 6.45) is 2.91. The highest BCUT2D eigenvalue weighted by Crippen LogP contribution is 2.24. The van der Waals surface area contributed by atoms with Crippen LogP contribution in [0.1, 0.15) is 25.5 Å². The summed E-state index contributed by atoms with van der Waals surface area (Å²) in [6.45, 7) is 2.09. The topological polar surface area (TPSA) is 72.7 Å². The van der Waals surface area contributed by atoms with Gasteiger partial charge >= 0.3 is 0 Å². The van der Waals surface area contributed by atoms with Gasteiger partial charge in [0.05, 0.1) is 11.4 Å². The second kappa shape index (κ2) is 7.61. The molecule has 1 N–H and O–H groups in total. The zero-order valence-corrected chi connectivity index (χ0v) is 13.9. The third kappa shape index (κ3) is 4.03. The molecule has 3 rings (SSSR count). The minimum absolute atomic E-state index is 0.0550. The van der Waals surface area contributed by atoms with Gasteiger partial charge in [0.15, 0.2) is 0 Å². The van der Waals surface area contributed by atoms with E-state index in [9.17, 15) is 9.59 Å². The summed E-state index contributed by atoms with van der Waals surface area (Å²) in [7, 11) is 0. The molecular formula is C19H19N3O3. The van der Waals surface area contributed by atoms with Crippen molar-refractivity contribution in [2.45, 2.75) is 26.4 Å². The fraction of sp³-hybridized carbons (Fsp3) is 0.211. The van der Waals surface area contributed by atoms with Crippen LogP contribution in [0.3, 0.4) is 0 Å². The number of anilines is 1. The molecule has 0 aliphatic rings. The molecule has 0 spiro atoms. The number of amides is 1. The third-order valence-electron chi connectivity index (χ3n) is 3.64. The molecule has 2 aromatic heterocycles. The number of aromatic nitrogens is 2. The first-order chi connectivity index (χ1) is 12.2. The van der Waals surface area contributed by atoms with E-state index in [4.69, 9.17) is 4.74 Å². The quantitative estimate of drug-likeness (QED) is 0.750. The summed E-state index contributed by atoms with van der Waals surface area (Å²) < 4.78 is 7.26. The van der Waals surface area contributed by atoms with Crippen molar-refractivity contribution in [3.8, 4) is 5.75 Å². The Balaban J connectivity index is 1.78. The van der Waals surface area contributed by atoms with Crippen molar-refractivity contribution >= 4 is 17.2 Å². The molecule has 0 aliphatic carbocycles. The lowest BCUT2D eigenvalue weighted by atomic mass is 10.2. The van der Waals surface area contributed by atoms with Gasteiger partial charge in [-0.1, -0.05) is 25.1 Å². The molecule has 0 unspecified atom stereocenters. The van der Waals surface area contributed by atoms with Crippen molar-refractivity contribution in [1.82, 2.24) is 9.38 Å². The Morgan fingerprint density at radius 1 is 1.20 bits per heavy atom. The molecule has 1 amide bonds. The van der Waals surface area contributed by atoms with Crippen LogP contribution in [0.2, 0.25) is 0 Å². The van der Waals surface area contributed by atoms with E-state index in [2.05, 4.69) is 10.3 Å². The van der Waals surface area contributed by atoms with Crippen LogP contribution < -0.4 is 15.6 Å². The van der Waals surface area contributed by atoms with E-state index in [-0.39, 0.29) is 18.1 Å². The van der Waals surface area contributed by atoms with Crippen molar-refractivity contribution in [3.05, 3.63) is 70.8 Å². The van der Waals surface area contributed by atoms with Gasteiger partial charge in [0.25, 0.3) is 5.56 Å². The predicted molar refractivity (Wildman–Crippen MR) is 95.8 cm³/mol. The summed E-state index contributed by atoms with van der Waals surface area (Å²) in [5.74, 6) is 0.489. The third-order valence-corrected chi connectivity index (χ3v) is 3.64. The van der Waals surface area contributed by atoms with Gasteiger partial charge in [0.2, 0.25) is 5.91 Å². The number of carbonyl (C=O) groups excluding carboxylic acids is 1. The molecule has 3 aromatic rings. The lowest BCUT2D eigenvalue weighted by molar-refractivity contribution is -0.116. The average molecular weight is 337 g/mol. The van der Waals surface area contributed by atoms with Crippen molar-refractivity contribution in [2.75, 3.05) is 5.32 Å². The number of rotatable bonds is 6. The number of pyridine rings is 1. The summed E-state index contributed by atoms with van der Waals surface area (Å²) in [5.41, 5.74) is 1.55. The van der Waals surface area contributed by atoms with E-state index >= 15 is 0 Å². The fourth-order valence-electron chi connectivity index (χ4n) is 2.46. The summed E-state index contributed by atoms with van der Waals surface area (Å²) in [6, 6.07) is 14.0. The van der Waals surface area contributed by atoms with Crippen LogP contribution in [-0.2, 0) is 11.4 Å². The van der Waals surface area contributed by atoms with E-state index in [1.54, 1.807) is 30.5 Å². The van der Waals surface area contributed by atoms with Crippen LogP contribution in [0.4, 0.5) is 5.69 Å². The van der Waals surface area contributed by atoms with Crippen molar-refractivity contribution < 1.29 is 9.53 Å². The Morgan fingerprint density at radius 2 is 2.00 bits per heavy atom.